The highest BCUT2D eigenvalue weighted by molar-refractivity contribution is 6.31. The number of methoxy groups -OCH3 is 1. The number of halogens is 1. The topological polar surface area (TPSA) is 110 Å². The van der Waals surface area contributed by atoms with Crippen molar-refractivity contribution in [1.29, 1.82) is 0 Å². The van der Waals surface area contributed by atoms with Crippen LogP contribution in [0.5, 0.6) is 5.75 Å². The Hall–Kier alpha value is -2.20. The number of hydrogen-bond donors (Lipinski definition) is 3. The smallest absolute Gasteiger partial charge is 0.140 e. The van der Waals surface area contributed by atoms with Gasteiger partial charge >= 0.3 is 0 Å². The Morgan fingerprint density at radius 3 is 2.48 bits per heavy atom. The zero-order valence-corrected chi connectivity index (χ0v) is 19.4. The molecule has 0 bridgehead atoms. The first kappa shape index (κ1) is 25.4. The van der Waals surface area contributed by atoms with E-state index in [1.165, 1.54) is 6.21 Å². The lowest BCUT2D eigenvalue weighted by Crippen LogP contribution is -2.54. The van der Waals surface area contributed by atoms with E-state index in [0.717, 1.165) is 16.9 Å². The molecule has 3 N–H and O–H groups in total. The van der Waals surface area contributed by atoms with E-state index in [-0.39, 0.29) is 6.61 Å². The highest BCUT2D eigenvalue weighted by Gasteiger charge is 2.43. The predicted octanol–water partition coefficient (Wildman–Crippen LogP) is 2.50. The van der Waals surface area contributed by atoms with Gasteiger partial charge in [-0.1, -0.05) is 41.0 Å². The van der Waals surface area contributed by atoms with Gasteiger partial charge in [0.1, 0.15) is 42.9 Å². The zero-order chi connectivity index (χ0) is 23.8. The van der Waals surface area contributed by atoms with Crippen LogP contribution in [0.2, 0.25) is 5.02 Å². The van der Waals surface area contributed by atoms with Gasteiger partial charge in [0, 0.05) is 12.1 Å². The van der Waals surface area contributed by atoms with Crippen molar-refractivity contribution in [3.63, 3.8) is 0 Å². The number of rotatable bonds is 10. The van der Waals surface area contributed by atoms with Crippen molar-refractivity contribution >= 4 is 17.8 Å². The highest BCUT2D eigenvalue weighted by atomic mass is 35.5. The van der Waals surface area contributed by atoms with E-state index < -0.39 is 30.5 Å². The number of benzene rings is 2. The van der Waals surface area contributed by atoms with Crippen molar-refractivity contribution in [2.45, 2.75) is 43.9 Å². The molecule has 1 fully saturated rings. The number of oxime groups is 1. The van der Waals surface area contributed by atoms with Crippen molar-refractivity contribution in [1.82, 2.24) is 0 Å². The maximum atomic E-state index is 10.6. The molecule has 0 saturated carbocycles. The molecule has 1 aliphatic heterocycles. The molecule has 1 aliphatic rings. The summed E-state index contributed by atoms with van der Waals surface area (Å²) in [5.74, 6) is 0.797. The average Bonchev–Trinajstić information content (AvgIpc) is 2.82. The number of ether oxygens (including phenoxy) is 3. The van der Waals surface area contributed by atoms with Crippen molar-refractivity contribution in [3.8, 4) is 5.75 Å². The summed E-state index contributed by atoms with van der Waals surface area (Å²) >= 11 is 6.43. The van der Waals surface area contributed by atoms with Gasteiger partial charge in [-0.15, -0.1) is 0 Å². The van der Waals surface area contributed by atoms with E-state index >= 15 is 0 Å². The largest absolute Gasteiger partial charge is 0.494 e. The maximum absolute atomic E-state index is 10.6. The minimum Gasteiger partial charge on any atom is -0.494 e. The molecular weight excluding hydrogens is 450 g/mol. The SMILES string of the molecule is CCOc1ccc(Cc2cc([C@@H]3O[C@H](C=NOCCOC)[C@@H](O)[C@H](O)[C@H]3O)ccc2Cl)cc1. The van der Waals surface area contributed by atoms with Gasteiger partial charge in [-0.2, -0.15) is 0 Å². The van der Waals surface area contributed by atoms with Crippen LogP contribution in [-0.2, 0) is 20.7 Å². The monoisotopic (exact) mass is 479 g/mol. The van der Waals surface area contributed by atoms with E-state index in [0.29, 0.717) is 30.2 Å². The standard InChI is InChI=1S/C24H30ClNO7/c1-3-31-18-7-4-15(5-8-18)12-17-13-16(6-9-19(17)25)24-23(29)22(28)21(27)20(33-24)14-26-32-11-10-30-2/h4-9,13-14,20-24,27-29H,3,10-12H2,1-2H3/t20-,21-,22+,23-,24+/m1/s1. The second-order valence-corrected chi connectivity index (χ2v) is 8.09. The summed E-state index contributed by atoms with van der Waals surface area (Å²) in [7, 11) is 1.54. The summed E-state index contributed by atoms with van der Waals surface area (Å²) in [4.78, 5) is 5.04. The van der Waals surface area contributed by atoms with Crippen molar-refractivity contribution in [2.75, 3.05) is 26.9 Å². The molecule has 0 amide bonds. The molecular formula is C24H30ClNO7. The lowest BCUT2D eigenvalue weighted by atomic mass is 9.90. The van der Waals surface area contributed by atoms with Crippen LogP contribution >= 0.6 is 11.6 Å². The third-order valence-electron chi connectivity index (χ3n) is 5.34. The van der Waals surface area contributed by atoms with Crippen LogP contribution in [0, 0.1) is 0 Å². The molecule has 2 aromatic carbocycles. The molecule has 0 aliphatic carbocycles. The molecule has 33 heavy (non-hydrogen) atoms. The van der Waals surface area contributed by atoms with Crippen LogP contribution in [0.15, 0.2) is 47.6 Å². The van der Waals surface area contributed by atoms with Gasteiger partial charge in [-0.05, 0) is 48.2 Å². The third-order valence-corrected chi connectivity index (χ3v) is 5.71. The Morgan fingerprint density at radius 2 is 1.79 bits per heavy atom. The molecule has 0 aromatic heterocycles. The van der Waals surface area contributed by atoms with Crippen LogP contribution in [-0.4, -0.2) is 72.9 Å². The first-order chi connectivity index (χ1) is 15.9. The summed E-state index contributed by atoms with van der Waals surface area (Å²) < 4.78 is 16.2. The summed E-state index contributed by atoms with van der Waals surface area (Å²) in [5, 5.41) is 35.6. The lowest BCUT2D eigenvalue weighted by molar-refractivity contribution is -0.205. The number of aliphatic hydroxyl groups excluding tert-OH is 3. The molecule has 1 heterocycles. The Morgan fingerprint density at radius 1 is 1.03 bits per heavy atom. The Bertz CT molecular complexity index is 908. The number of aliphatic hydroxyl groups is 3. The summed E-state index contributed by atoms with van der Waals surface area (Å²) in [6.45, 7) is 3.12. The van der Waals surface area contributed by atoms with E-state index in [1.807, 2.05) is 37.3 Å². The van der Waals surface area contributed by atoms with Gasteiger partial charge in [0.15, 0.2) is 0 Å². The fraction of sp³-hybridized carbons (Fsp3) is 0.458. The van der Waals surface area contributed by atoms with Gasteiger partial charge in [0.25, 0.3) is 0 Å². The summed E-state index contributed by atoms with van der Waals surface area (Å²) in [6.07, 6.45) is -4.16. The minimum atomic E-state index is -1.43. The van der Waals surface area contributed by atoms with Gasteiger partial charge < -0.3 is 34.4 Å². The van der Waals surface area contributed by atoms with Gasteiger partial charge in [-0.25, -0.2) is 0 Å². The van der Waals surface area contributed by atoms with Gasteiger partial charge in [-0.3, -0.25) is 0 Å². The highest BCUT2D eigenvalue weighted by Crippen LogP contribution is 2.34. The van der Waals surface area contributed by atoms with E-state index in [1.54, 1.807) is 19.2 Å². The zero-order valence-electron chi connectivity index (χ0n) is 18.6. The predicted molar refractivity (Wildman–Crippen MR) is 124 cm³/mol. The molecule has 0 radical (unpaired) electrons. The molecule has 9 heteroatoms. The molecule has 1 saturated heterocycles. The van der Waals surface area contributed by atoms with E-state index in [4.69, 9.17) is 30.6 Å². The molecule has 0 unspecified atom stereocenters. The third kappa shape index (κ3) is 6.66. The van der Waals surface area contributed by atoms with Crippen molar-refractivity contribution < 1.29 is 34.4 Å². The summed E-state index contributed by atoms with van der Waals surface area (Å²) in [5.41, 5.74) is 2.50. The van der Waals surface area contributed by atoms with Gasteiger partial charge in [0.05, 0.1) is 19.4 Å². The normalized spacial score (nSPS) is 25.3. The van der Waals surface area contributed by atoms with Crippen LogP contribution in [0.1, 0.15) is 29.7 Å². The lowest BCUT2D eigenvalue weighted by Gasteiger charge is -2.39. The molecule has 0 spiro atoms. The van der Waals surface area contributed by atoms with Gasteiger partial charge in [0.2, 0.25) is 0 Å². The minimum absolute atomic E-state index is 0.233. The van der Waals surface area contributed by atoms with Crippen LogP contribution < -0.4 is 4.74 Å². The first-order valence-corrected chi connectivity index (χ1v) is 11.2. The quantitative estimate of drug-likeness (QED) is 0.273. The fourth-order valence-corrected chi connectivity index (χ4v) is 3.76. The second kappa shape index (κ2) is 12.3. The number of nitrogens with zero attached hydrogens (tertiary/aromatic N) is 1. The van der Waals surface area contributed by atoms with Crippen molar-refractivity contribution in [3.05, 3.63) is 64.2 Å². The Kier molecular flexibility index (Phi) is 9.49. The molecule has 180 valence electrons. The Balaban J connectivity index is 1.76. The molecule has 5 atom stereocenters. The van der Waals surface area contributed by atoms with Crippen LogP contribution in [0.4, 0.5) is 0 Å². The summed E-state index contributed by atoms with van der Waals surface area (Å²) in [6, 6.07) is 13.0. The molecule has 2 aromatic rings. The van der Waals surface area contributed by atoms with Crippen molar-refractivity contribution in [2.24, 2.45) is 5.16 Å². The van der Waals surface area contributed by atoms with E-state index in [2.05, 4.69) is 5.16 Å². The molecule has 3 rings (SSSR count). The van der Waals surface area contributed by atoms with E-state index in [9.17, 15) is 15.3 Å². The average molecular weight is 480 g/mol. The first-order valence-electron chi connectivity index (χ1n) is 10.8. The molecule has 8 nitrogen and oxygen atoms in total. The van der Waals surface area contributed by atoms with Crippen LogP contribution in [0.3, 0.4) is 0 Å². The Labute approximate surface area is 198 Å². The van der Waals surface area contributed by atoms with Crippen LogP contribution in [0.25, 0.3) is 0 Å². The number of hydrogen-bond acceptors (Lipinski definition) is 8. The second-order valence-electron chi connectivity index (χ2n) is 7.68. The maximum Gasteiger partial charge on any atom is 0.140 e. The fourth-order valence-electron chi connectivity index (χ4n) is 3.58.